The molecule has 0 aliphatic heterocycles. The van der Waals surface area contributed by atoms with Crippen LogP contribution in [0.1, 0.15) is 10.6 Å². The number of sulfonamides is 1. The molecule has 1 heterocycles. The van der Waals surface area contributed by atoms with Gasteiger partial charge >= 0.3 is 12.1 Å². The van der Waals surface area contributed by atoms with Crippen molar-refractivity contribution >= 4 is 32.6 Å². The molecule has 0 unspecified atom stereocenters. The number of carbonyl (C=O) groups excluding carboxylic acids is 1. The Bertz CT molecular complexity index is 1190. The maximum Gasteiger partial charge on any atom is 0.422 e. The van der Waals surface area contributed by atoms with Crippen molar-refractivity contribution in [1.29, 1.82) is 0 Å². The van der Waals surface area contributed by atoms with E-state index in [0.29, 0.717) is 11.0 Å². The van der Waals surface area contributed by atoms with Gasteiger partial charge in [0.25, 0.3) is 10.0 Å². The van der Waals surface area contributed by atoms with Crippen LogP contribution in [-0.4, -0.2) is 41.2 Å². The zero-order valence-electron chi connectivity index (χ0n) is 15.9. The topological polar surface area (TPSA) is 88.9 Å². The summed E-state index contributed by atoms with van der Waals surface area (Å²) >= 11 is 0. The summed E-state index contributed by atoms with van der Waals surface area (Å²) in [5, 5.41) is 0.581. The van der Waals surface area contributed by atoms with Crippen molar-refractivity contribution in [3.63, 3.8) is 0 Å². The van der Waals surface area contributed by atoms with Crippen LogP contribution >= 0.6 is 0 Å². The average molecular weight is 442 g/mol. The molecular formula is C19H17F3N2O5S. The molecule has 0 bridgehead atoms. The van der Waals surface area contributed by atoms with Gasteiger partial charge in [-0.1, -0.05) is 12.1 Å². The summed E-state index contributed by atoms with van der Waals surface area (Å²) in [6.07, 6.45) is -4.65. The summed E-state index contributed by atoms with van der Waals surface area (Å²) in [6.45, 7) is -1.68. The van der Waals surface area contributed by atoms with E-state index in [9.17, 15) is 26.4 Å². The van der Waals surface area contributed by atoms with Gasteiger partial charge in [0.2, 0.25) is 0 Å². The monoisotopic (exact) mass is 442 g/mol. The summed E-state index contributed by atoms with van der Waals surface area (Å²) in [7, 11) is -0.881. The second-order valence-corrected chi connectivity index (χ2v) is 8.16. The number of alkyl halides is 3. The first-order chi connectivity index (χ1) is 14.0. The van der Waals surface area contributed by atoms with Crippen molar-refractivity contribution in [2.75, 3.05) is 25.6 Å². The van der Waals surface area contributed by atoms with E-state index >= 15 is 0 Å². The molecule has 0 aliphatic carbocycles. The molecular weight excluding hydrogens is 425 g/mol. The number of carbonyl (C=O) groups is 1. The van der Waals surface area contributed by atoms with Crippen LogP contribution in [0.5, 0.6) is 5.75 Å². The van der Waals surface area contributed by atoms with Crippen LogP contribution in [0.4, 0.5) is 18.9 Å². The second-order valence-electron chi connectivity index (χ2n) is 6.51. The van der Waals surface area contributed by atoms with Crippen LogP contribution in [0.15, 0.2) is 57.8 Å². The minimum absolute atomic E-state index is 0.266. The van der Waals surface area contributed by atoms with Gasteiger partial charge in [0.15, 0.2) is 12.4 Å². The molecule has 3 rings (SSSR count). The van der Waals surface area contributed by atoms with Gasteiger partial charge in [0.1, 0.15) is 16.2 Å². The summed E-state index contributed by atoms with van der Waals surface area (Å²) in [6, 6.07) is 11.3. The molecule has 1 aromatic heterocycles. The molecule has 30 heavy (non-hydrogen) atoms. The number of nitrogens with zero attached hydrogens (tertiary/aromatic N) is 1. The number of amides is 1. The highest BCUT2D eigenvalue weighted by atomic mass is 32.2. The summed E-state index contributed by atoms with van der Waals surface area (Å²) in [4.78, 5) is 13.7. The first-order valence-corrected chi connectivity index (χ1v) is 10.0. The Kier molecular flexibility index (Phi) is 5.66. The normalized spacial score (nSPS) is 12.0. The van der Waals surface area contributed by atoms with Gasteiger partial charge in [-0.25, -0.2) is 13.1 Å². The second kappa shape index (κ2) is 7.90. The van der Waals surface area contributed by atoms with Crippen LogP contribution < -0.4 is 14.4 Å². The van der Waals surface area contributed by atoms with Crippen LogP contribution in [0.25, 0.3) is 11.0 Å². The molecule has 0 radical (unpaired) electrons. The number of anilines is 1. The van der Waals surface area contributed by atoms with Crippen LogP contribution in [0, 0.1) is 0 Å². The Morgan fingerprint density at radius 3 is 2.50 bits per heavy atom. The predicted molar refractivity (Wildman–Crippen MR) is 103 cm³/mol. The van der Waals surface area contributed by atoms with E-state index < -0.39 is 39.4 Å². The fraction of sp³-hybridized carbons (Fsp3) is 0.211. The van der Waals surface area contributed by atoms with Crippen molar-refractivity contribution in [3.05, 3.63) is 54.3 Å². The standard InChI is InChI=1S/C19H17F3N2O5S/c1-24(2)13-8-7-12-9-16(29-15(12)10-13)18(25)23-30(26,27)17-6-4-3-5-14(17)28-11-19(20,21)22/h3-10H,11H2,1-2H3,(H,23,25). The van der Waals surface area contributed by atoms with Crippen molar-refractivity contribution in [2.45, 2.75) is 11.1 Å². The van der Waals surface area contributed by atoms with Crippen molar-refractivity contribution < 1.29 is 35.5 Å². The van der Waals surface area contributed by atoms with Gasteiger partial charge < -0.3 is 14.1 Å². The fourth-order valence-corrected chi connectivity index (χ4v) is 3.69. The van der Waals surface area contributed by atoms with E-state index in [0.717, 1.165) is 17.8 Å². The highest BCUT2D eigenvalue weighted by Gasteiger charge is 2.30. The molecule has 3 aromatic rings. The third-order valence-electron chi connectivity index (χ3n) is 4.00. The molecule has 0 spiro atoms. The summed E-state index contributed by atoms with van der Waals surface area (Å²) in [5.74, 6) is -1.86. The largest absolute Gasteiger partial charge is 0.483 e. The van der Waals surface area contributed by atoms with E-state index in [1.807, 2.05) is 19.0 Å². The number of furan rings is 1. The van der Waals surface area contributed by atoms with Gasteiger partial charge in [-0.05, 0) is 30.3 Å². The first kappa shape index (κ1) is 21.5. The minimum atomic E-state index is -4.65. The lowest BCUT2D eigenvalue weighted by Gasteiger charge is -2.13. The Morgan fingerprint density at radius 2 is 1.83 bits per heavy atom. The number of ether oxygens (including phenoxy) is 1. The zero-order chi connectivity index (χ0) is 22.1. The number of halogens is 3. The van der Waals surface area contributed by atoms with E-state index in [4.69, 9.17) is 4.42 Å². The van der Waals surface area contributed by atoms with Crippen LogP contribution in [0.3, 0.4) is 0 Å². The Labute approximate surface area is 170 Å². The van der Waals surface area contributed by atoms with Gasteiger partial charge in [-0.15, -0.1) is 0 Å². The minimum Gasteiger partial charge on any atom is -0.483 e. The van der Waals surface area contributed by atoms with Gasteiger partial charge in [-0.3, -0.25) is 4.79 Å². The fourth-order valence-electron chi connectivity index (χ4n) is 2.59. The molecule has 11 heteroatoms. The van der Waals surface area contributed by atoms with E-state index in [1.54, 1.807) is 22.9 Å². The smallest absolute Gasteiger partial charge is 0.422 e. The van der Waals surface area contributed by atoms with E-state index in [2.05, 4.69) is 4.74 Å². The quantitative estimate of drug-likeness (QED) is 0.628. The van der Waals surface area contributed by atoms with Gasteiger partial charge in [-0.2, -0.15) is 13.2 Å². The van der Waals surface area contributed by atoms with Crippen molar-refractivity contribution in [3.8, 4) is 5.75 Å². The number of benzene rings is 2. The Hall–Kier alpha value is -3.21. The van der Waals surface area contributed by atoms with Gasteiger partial charge in [0.05, 0.1) is 0 Å². The highest BCUT2D eigenvalue weighted by molar-refractivity contribution is 7.90. The number of hydrogen-bond donors (Lipinski definition) is 1. The number of nitrogens with one attached hydrogen (secondary N) is 1. The van der Waals surface area contributed by atoms with Crippen molar-refractivity contribution in [1.82, 2.24) is 4.72 Å². The van der Waals surface area contributed by atoms with E-state index in [-0.39, 0.29) is 5.76 Å². The van der Waals surface area contributed by atoms with Gasteiger partial charge in [0, 0.05) is 31.2 Å². The molecule has 0 saturated heterocycles. The molecule has 0 atom stereocenters. The number of rotatable bonds is 6. The number of hydrogen-bond acceptors (Lipinski definition) is 6. The third-order valence-corrected chi connectivity index (χ3v) is 5.37. The molecule has 1 N–H and O–H groups in total. The van der Waals surface area contributed by atoms with Crippen LogP contribution in [-0.2, 0) is 10.0 Å². The molecule has 1 amide bonds. The zero-order valence-corrected chi connectivity index (χ0v) is 16.7. The maximum atomic E-state index is 12.6. The number of para-hydroxylation sites is 1. The molecule has 0 fully saturated rings. The summed E-state index contributed by atoms with van der Waals surface area (Å²) < 4.78 is 74.2. The molecule has 0 aliphatic rings. The molecule has 7 nitrogen and oxygen atoms in total. The SMILES string of the molecule is CN(C)c1ccc2cc(C(=O)NS(=O)(=O)c3ccccc3OCC(F)(F)F)oc2c1. The number of fused-ring (bicyclic) bond motifs is 1. The lowest BCUT2D eigenvalue weighted by atomic mass is 10.2. The molecule has 160 valence electrons. The van der Waals surface area contributed by atoms with Crippen molar-refractivity contribution in [2.24, 2.45) is 0 Å². The molecule has 0 saturated carbocycles. The summed E-state index contributed by atoms with van der Waals surface area (Å²) in [5.41, 5.74) is 1.19. The van der Waals surface area contributed by atoms with E-state index in [1.165, 1.54) is 18.2 Å². The lowest BCUT2D eigenvalue weighted by molar-refractivity contribution is -0.153. The Morgan fingerprint density at radius 1 is 1.13 bits per heavy atom. The Balaban J connectivity index is 1.85. The average Bonchev–Trinajstić information content (AvgIpc) is 3.09. The maximum absolute atomic E-state index is 12.6. The van der Waals surface area contributed by atoms with Crippen LogP contribution in [0.2, 0.25) is 0 Å². The first-order valence-electron chi connectivity index (χ1n) is 8.53. The predicted octanol–water partition coefficient (Wildman–Crippen LogP) is 3.56. The lowest BCUT2D eigenvalue weighted by Crippen LogP contribution is -2.31. The third kappa shape index (κ3) is 4.85. The molecule has 2 aromatic carbocycles. The highest BCUT2D eigenvalue weighted by Crippen LogP contribution is 2.27.